The monoisotopic (exact) mass is 965 g/mol. The molecule has 69 heavy (non-hydrogen) atoms. The van der Waals surface area contributed by atoms with Crippen molar-refractivity contribution in [3.05, 3.63) is 60.8 Å². The van der Waals surface area contributed by atoms with Crippen LogP contribution in [-0.4, -0.2) is 37.2 Å². The second kappa shape index (κ2) is 57.7. The topological polar surface area (TPSA) is 78.9 Å². The summed E-state index contributed by atoms with van der Waals surface area (Å²) in [5.74, 6) is -0.939. The van der Waals surface area contributed by atoms with Crippen molar-refractivity contribution in [3.63, 3.8) is 0 Å². The number of rotatable bonds is 54. The molecule has 0 aliphatic rings. The summed E-state index contributed by atoms with van der Waals surface area (Å²) >= 11 is 0. The molecule has 400 valence electrons. The van der Waals surface area contributed by atoms with Crippen LogP contribution in [0.1, 0.15) is 303 Å². The molecular formula is C63H112O6. The van der Waals surface area contributed by atoms with Gasteiger partial charge in [-0.2, -0.15) is 0 Å². The zero-order valence-corrected chi connectivity index (χ0v) is 45.8. The summed E-state index contributed by atoms with van der Waals surface area (Å²) in [6.45, 7) is 6.59. The Bertz CT molecular complexity index is 1250. The number of carbonyl (C=O) groups is 3. The summed E-state index contributed by atoms with van der Waals surface area (Å²) < 4.78 is 16.8. The van der Waals surface area contributed by atoms with Crippen molar-refractivity contribution in [2.45, 2.75) is 309 Å². The molecule has 0 radical (unpaired) electrons. The lowest BCUT2D eigenvalue weighted by Gasteiger charge is -2.18. The second-order valence-electron chi connectivity index (χ2n) is 19.9. The van der Waals surface area contributed by atoms with Crippen molar-refractivity contribution in [2.75, 3.05) is 13.2 Å². The molecule has 6 nitrogen and oxygen atoms in total. The van der Waals surface area contributed by atoms with Gasteiger partial charge in [0.2, 0.25) is 0 Å². The van der Waals surface area contributed by atoms with Gasteiger partial charge in [0.1, 0.15) is 13.2 Å². The average Bonchev–Trinajstić information content (AvgIpc) is 3.35. The number of allylic oxidation sites excluding steroid dienone is 10. The van der Waals surface area contributed by atoms with Gasteiger partial charge in [0.15, 0.2) is 6.10 Å². The highest BCUT2D eigenvalue weighted by molar-refractivity contribution is 5.71. The Morgan fingerprint density at radius 2 is 0.536 bits per heavy atom. The molecule has 0 rings (SSSR count). The highest BCUT2D eigenvalue weighted by atomic mass is 16.6. The fraction of sp³-hybridized carbons (Fsp3) is 0.794. The maximum Gasteiger partial charge on any atom is 0.306 e. The first kappa shape index (κ1) is 66.1. The van der Waals surface area contributed by atoms with E-state index in [1.165, 1.54) is 186 Å². The van der Waals surface area contributed by atoms with E-state index in [4.69, 9.17) is 14.2 Å². The van der Waals surface area contributed by atoms with Crippen molar-refractivity contribution in [3.8, 4) is 0 Å². The fourth-order valence-electron chi connectivity index (χ4n) is 8.49. The Balaban J connectivity index is 4.44. The lowest BCUT2D eigenvalue weighted by Crippen LogP contribution is -2.30. The number of hydrogen-bond acceptors (Lipinski definition) is 6. The largest absolute Gasteiger partial charge is 0.462 e. The zero-order chi connectivity index (χ0) is 50.0. The van der Waals surface area contributed by atoms with E-state index in [0.717, 1.165) is 70.6 Å². The Labute approximate surface area is 428 Å². The molecule has 0 bridgehead atoms. The van der Waals surface area contributed by atoms with Crippen LogP contribution in [-0.2, 0) is 28.6 Å². The SMILES string of the molecule is CCCCC/C=C\C/C=C\CCCCCCCCCC(=O)OC(COC(=O)CCC/C=C\C/C=C\C/C=C\CCCCCCCC)COC(=O)CCCCCCCCCCCCCCCCCCC. The average molecular weight is 966 g/mol. The van der Waals surface area contributed by atoms with Crippen LogP contribution in [0.3, 0.4) is 0 Å². The molecule has 0 heterocycles. The van der Waals surface area contributed by atoms with Crippen molar-refractivity contribution in [2.24, 2.45) is 0 Å². The van der Waals surface area contributed by atoms with E-state index < -0.39 is 6.10 Å². The smallest absolute Gasteiger partial charge is 0.306 e. The van der Waals surface area contributed by atoms with Gasteiger partial charge in [-0.05, 0) is 83.5 Å². The Hall–Kier alpha value is -2.89. The lowest BCUT2D eigenvalue weighted by atomic mass is 10.0. The molecule has 0 amide bonds. The summed E-state index contributed by atoms with van der Waals surface area (Å²) in [5.41, 5.74) is 0. The van der Waals surface area contributed by atoms with Crippen molar-refractivity contribution in [1.82, 2.24) is 0 Å². The minimum absolute atomic E-state index is 0.0904. The van der Waals surface area contributed by atoms with Crippen molar-refractivity contribution >= 4 is 17.9 Å². The van der Waals surface area contributed by atoms with E-state index in [1.54, 1.807) is 0 Å². The Morgan fingerprint density at radius 1 is 0.290 bits per heavy atom. The van der Waals surface area contributed by atoms with Crippen LogP contribution in [0.2, 0.25) is 0 Å². The van der Waals surface area contributed by atoms with Crippen molar-refractivity contribution < 1.29 is 28.6 Å². The van der Waals surface area contributed by atoms with E-state index in [-0.39, 0.29) is 37.5 Å². The molecule has 0 aromatic heterocycles. The van der Waals surface area contributed by atoms with Crippen LogP contribution in [0.4, 0.5) is 0 Å². The molecule has 0 aliphatic heterocycles. The quantitative estimate of drug-likeness (QED) is 0.0262. The minimum atomic E-state index is -0.797. The van der Waals surface area contributed by atoms with E-state index in [1.807, 2.05) is 0 Å². The summed E-state index contributed by atoms with van der Waals surface area (Å²) in [7, 11) is 0. The molecule has 0 aromatic carbocycles. The third-order valence-corrected chi connectivity index (χ3v) is 13.0. The van der Waals surface area contributed by atoms with Gasteiger partial charge in [-0.25, -0.2) is 0 Å². The summed E-state index contributed by atoms with van der Waals surface area (Å²) in [6.07, 6.45) is 72.2. The summed E-state index contributed by atoms with van der Waals surface area (Å²) in [6, 6.07) is 0. The van der Waals surface area contributed by atoms with Crippen LogP contribution in [0.15, 0.2) is 60.8 Å². The molecule has 0 aromatic rings. The molecule has 0 saturated carbocycles. The third-order valence-electron chi connectivity index (χ3n) is 13.0. The number of hydrogen-bond donors (Lipinski definition) is 0. The van der Waals surface area contributed by atoms with Crippen LogP contribution in [0.25, 0.3) is 0 Å². The number of unbranched alkanes of at least 4 members (excludes halogenated alkanes) is 33. The Morgan fingerprint density at radius 3 is 0.899 bits per heavy atom. The minimum Gasteiger partial charge on any atom is -0.462 e. The highest BCUT2D eigenvalue weighted by Gasteiger charge is 2.19. The molecule has 0 aliphatic carbocycles. The van der Waals surface area contributed by atoms with Gasteiger partial charge in [0.05, 0.1) is 0 Å². The second-order valence-corrected chi connectivity index (χ2v) is 19.9. The molecule has 0 spiro atoms. The summed E-state index contributed by atoms with van der Waals surface area (Å²) in [5, 5.41) is 0. The van der Waals surface area contributed by atoms with Crippen LogP contribution >= 0.6 is 0 Å². The maximum absolute atomic E-state index is 12.9. The molecule has 0 saturated heterocycles. The molecule has 0 fully saturated rings. The summed E-state index contributed by atoms with van der Waals surface area (Å²) in [4.78, 5) is 38.2. The third kappa shape index (κ3) is 55.9. The first-order chi connectivity index (χ1) is 34.0. The lowest BCUT2D eigenvalue weighted by molar-refractivity contribution is -0.167. The molecular weight excluding hydrogens is 853 g/mol. The van der Waals surface area contributed by atoms with Crippen LogP contribution in [0.5, 0.6) is 0 Å². The number of ether oxygens (including phenoxy) is 3. The molecule has 1 unspecified atom stereocenters. The Kier molecular flexibility index (Phi) is 55.3. The normalized spacial score (nSPS) is 12.4. The fourth-order valence-corrected chi connectivity index (χ4v) is 8.49. The van der Waals surface area contributed by atoms with Gasteiger partial charge >= 0.3 is 17.9 Å². The van der Waals surface area contributed by atoms with Gasteiger partial charge < -0.3 is 14.2 Å². The van der Waals surface area contributed by atoms with E-state index in [2.05, 4.69) is 81.5 Å². The van der Waals surface area contributed by atoms with Gasteiger partial charge in [0, 0.05) is 19.3 Å². The molecule has 0 N–H and O–H groups in total. The van der Waals surface area contributed by atoms with E-state index in [0.29, 0.717) is 19.3 Å². The maximum atomic E-state index is 12.9. The van der Waals surface area contributed by atoms with Crippen LogP contribution < -0.4 is 0 Å². The van der Waals surface area contributed by atoms with Gasteiger partial charge in [-0.3, -0.25) is 14.4 Å². The standard InChI is InChI=1S/C63H112O6/c1-4-7-10-13-16-19-22-25-28-31-34-37-40-43-46-49-52-55-61(64)67-58-60(69-63(66)57-54-51-48-45-42-39-36-33-30-27-24-21-18-15-12-9-6-3)59-68-62(65)56-53-50-47-44-41-38-35-32-29-26-23-20-17-14-11-8-5-2/h18,21,25,27-28,30,34,37,43,46,60H,4-17,19-20,22-24,26,29,31-33,35-36,38-42,44-45,47-59H2,1-3H3/b21-18-,28-25-,30-27-,37-34-,46-43-. The van der Waals surface area contributed by atoms with E-state index in [9.17, 15) is 14.4 Å². The van der Waals surface area contributed by atoms with E-state index >= 15 is 0 Å². The predicted octanol–water partition coefficient (Wildman–Crippen LogP) is 20.0. The highest BCUT2D eigenvalue weighted by Crippen LogP contribution is 2.16. The van der Waals surface area contributed by atoms with Crippen molar-refractivity contribution in [1.29, 1.82) is 0 Å². The number of carbonyl (C=O) groups excluding carboxylic acids is 3. The number of esters is 3. The molecule has 6 heteroatoms. The predicted molar refractivity (Wildman–Crippen MR) is 298 cm³/mol. The zero-order valence-electron chi connectivity index (χ0n) is 45.8. The molecule has 1 atom stereocenters. The van der Waals surface area contributed by atoms with Gasteiger partial charge in [0.25, 0.3) is 0 Å². The van der Waals surface area contributed by atoms with Gasteiger partial charge in [-0.1, -0.05) is 261 Å². The van der Waals surface area contributed by atoms with Crippen LogP contribution in [0, 0.1) is 0 Å². The first-order valence-electron chi connectivity index (χ1n) is 29.8. The van der Waals surface area contributed by atoms with Gasteiger partial charge in [-0.15, -0.1) is 0 Å². The first-order valence-corrected chi connectivity index (χ1v) is 29.8.